The maximum absolute atomic E-state index is 3.22. The van der Waals surface area contributed by atoms with Crippen molar-refractivity contribution in [1.82, 2.24) is 9.88 Å². The van der Waals surface area contributed by atoms with Crippen LogP contribution in [0.1, 0.15) is 16.8 Å². The molecule has 86 valence electrons. The average molecular weight is 216 g/mol. The van der Waals surface area contributed by atoms with Crippen molar-refractivity contribution in [3.63, 3.8) is 0 Å². The van der Waals surface area contributed by atoms with Gasteiger partial charge in [-0.1, -0.05) is 18.2 Å². The van der Waals surface area contributed by atoms with E-state index in [0.717, 1.165) is 13.0 Å². The lowest BCUT2D eigenvalue weighted by atomic mass is 10.1. The topological polar surface area (TPSA) is 17.0 Å². The molecule has 0 bridgehead atoms. The summed E-state index contributed by atoms with van der Waals surface area (Å²) in [6, 6.07) is 6.57. The largest absolute Gasteiger partial charge is 0.347 e. The minimum atomic E-state index is 1.04. The Bertz CT molecular complexity index is 509. The zero-order valence-electron chi connectivity index (χ0n) is 10.6. The standard InChI is InChI=1S/C14H20N2/c1-10-6-5-7-13-12(8-9-15-3)11(2)16(4)14(10)13/h5-7,15H,8-9H2,1-4H3. The SMILES string of the molecule is CNCCc1c(C)n(C)c2c(C)cccc12. The Morgan fingerprint density at radius 1 is 1.25 bits per heavy atom. The molecule has 0 saturated carbocycles. The molecule has 1 aromatic carbocycles. The second kappa shape index (κ2) is 4.30. The van der Waals surface area contributed by atoms with Crippen LogP contribution in [0, 0.1) is 13.8 Å². The van der Waals surface area contributed by atoms with Crippen LogP contribution in [-0.2, 0) is 13.5 Å². The smallest absolute Gasteiger partial charge is 0.0512 e. The van der Waals surface area contributed by atoms with Crippen LogP contribution in [0.2, 0.25) is 0 Å². The number of aromatic nitrogens is 1. The van der Waals surface area contributed by atoms with Crippen LogP contribution in [0.5, 0.6) is 0 Å². The minimum absolute atomic E-state index is 1.04. The van der Waals surface area contributed by atoms with Gasteiger partial charge in [-0.2, -0.15) is 0 Å². The first-order valence-corrected chi connectivity index (χ1v) is 5.85. The molecule has 0 aliphatic rings. The monoisotopic (exact) mass is 216 g/mol. The second-order valence-corrected chi connectivity index (χ2v) is 4.45. The van der Waals surface area contributed by atoms with Gasteiger partial charge in [0, 0.05) is 18.1 Å². The number of benzene rings is 1. The summed E-state index contributed by atoms with van der Waals surface area (Å²) in [5, 5.41) is 4.63. The molecule has 0 spiro atoms. The quantitative estimate of drug-likeness (QED) is 0.834. The first-order chi connectivity index (χ1) is 7.66. The lowest BCUT2D eigenvalue weighted by molar-refractivity contribution is 0.783. The summed E-state index contributed by atoms with van der Waals surface area (Å²) in [6.07, 6.45) is 1.10. The van der Waals surface area contributed by atoms with Crippen molar-refractivity contribution in [1.29, 1.82) is 0 Å². The molecule has 0 aliphatic carbocycles. The van der Waals surface area contributed by atoms with Gasteiger partial charge in [0.25, 0.3) is 0 Å². The van der Waals surface area contributed by atoms with Crippen LogP contribution < -0.4 is 5.32 Å². The van der Waals surface area contributed by atoms with Crippen molar-refractivity contribution in [2.45, 2.75) is 20.3 Å². The van der Waals surface area contributed by atoms with Crippen LogP contribution in [-0.4, -0.2) is 18.2 Å². The first-order valence-electron chi connectivity index (χ1n) is 5.85. The molecule has 1 aromatic heterocycles. The zero-order chi connectivity index (χ0) is 11.7. The molecule has 2 nitrogen and oxygen atoms in total. The predicted molar refractivity (Wildman–Crippen MR) is 70.0 cm³/mol. The fourth-order valence-electron chi connectivity index (χ4n) is 2.48. The molecular formula is C14H20N2. The van der Waals surface area contributed by atoms with Gasteiger partial charge in [0.05, 0.1) is 5.52 Å². The molecule has 0 unspecified atom stereocenters. The first kappa shape index (κ1) is 11.2. The van der Waals surface area contributed by atoms with E-state index < -0.39 is 0 Å². The van der Waals surface area contributed by atoms with Crippen molar-refractivity contribution < 1.29 is 0 Å². The van der Waals surface area contributed by atoms with Crippen molar-refractivity contribution in [2.24, 2.45) is 7.05 Å². The summed E-state index contributed by atoms with van der Waals surface area (Å²) in [5.41, 5.74) is 5.61. The molecule has 0 fully saturated rings. The van der Waals surface area contributed by atoms with Crippen molar-refractivity contribution >= 4 is 10.9 Å². The van der Waals surface area contributed by atoms with Crippen LogP contribution in [0.15, 0.2) is 18.2 Å². The van der Waals surface area contributed by atoms with E-state index in [2.05, 4.69) is 49.0 Å². The molecule has 1 heterocycles. The third-order valence-electron chi connectivity index (χ3n) is 3.46. The highest BCUT2D eigenvalue weighted by Crippen LogP contribution is 2.27. The van der Waals surface area contributed by atoms with Gasteiger partial charge in [0.2, 0.25) is 0 Å². The van der Waals surface area contributed by atoms with Crippen molar-refractivity contribution in [3.05, 3.63) is 35.0 Å². The molecule has 1 N–H and O–H groups in total. The molecule has 16 heavy (non-hydrogen) atoms. The van der Waals surface area contributed by atoms with E-state index in [1.165, 1.54) is 27.7 Å². The summed E-state index contributed by atoms with van der Waals surface area (Å²) >= 11 is 0. The minimum Gasteiger partial charge on any atom is -0.347 e. The van der Waals surface area contributed by atoms with Gasteiger partial charge in [0.15, 0.2) is 0 Å². The molecule has 2 heteroatoms. The maximum atomic E-state index is 3.22. The van der Waals surface area contributed by atoms with Crippen LogP contribution >= 0.6 is 0 Å². The Kier molecular flexibility index (Phi) is 3.01. The lowest BCUT2D eigenvalue weighted by Crippen LogP contribution is -2.10. The van der Waals surface area contributed by atoms with Gasteiger partial charge in [-0.15, -0.1) is 0 Å². The average Bonchev–Trinajstić information content (AvgIpc) is 2.51. The Balaban J connectivity index is 2.64. The zero-order valence-corrected chi connectivity index (χ0v) is 10.6. The van der Waals surface area contributed by atoms with Gasteiger partial charge in [-0.05, 0) is 45.0 Å². The van der Waals surface area contributed by atoms with Crippen molar-refractivity contribution in [3.8, 4) is 0 Å². The number of hydrogen-bond acceptors (Lipinski definition) is 1. The number of para-hydroxylation sites is 1. The Hall–Kier alpha value is -1.28. The number of nitrogens with zero attached hydrogens (tertiary/aromatic N) is 1. The Morgan fingerprint density at radius 3 is 2.69 bits per heavy atom. The van der Waals surface area contributed by atoms with E-state index in [4.69, 9.17) is 0 Å². The highest BCUT2D eigenvalue weighted by atomic mass is 14.9. The summed E-state index contributed by atoms with van der Waals surface area (Å²) < 4.78 is 2.32. The number of rotatable bonds is 3. The summed E-state index contributed by atoms with van der Waals surface area (Å²) in [4.78, 5) is 0. The molecule has 0 atom stereocenters. The van der Waals surface area contributed by atoms with Gasteiger partial charge in [-0.25, -0.2) is 0 Å². The van der Waals surface area contributed by atoms with Gasteiger partial charge in [0.1, 0.15) is 0 Å². The van der Waals surface area contributed by atoms with E-state index >= 15 is 0 Å². The number of aryl methyl sites for hydroxylation is 2. The number of hydrogen-bond donors (Lipinski definition) is 1. The van der Waals surface area contributed by atoms with Gasteiger partial charge >= 0.3 is 0 Å². The van der Waals surface area contributed by atoms with Crippen LogP contribution in [0.25, 0.3) is 10.9 Å². The molecule has 0 saturated heterocycles. The molecule has 0 amide bonds. The highest BCUT2D eigenvalue weighted by molar-refractivity contribution is 5.88. The van der Waals surface area contributed by atoms with E-state index in [9.17, 15) is 0 Å². The molecular weight excluding hydrogens is 196 g/mol. The molecule has 2 rings (SSSR count). The van der Waals surface area contributed by atoms with E-state index in [1.807, 2.05) is 7.05 Å². The van der Waals surface area contributed by atoms with Crippen LogP contribution in [0.4, 0.5) is 0 Å². The highest BCUT2D eigenvalue weighted by Gasteiger charge is 2.12. The molecule has 0 radical (unpaired) electrons. The Morgan fingerprint density at radius 2 is 2.00 bits per heavy atom. The lowest BCUT2D eigenvalue weighted by Gasteiger charge is -2.01. The molecule has 0 aliphatic heterocycles. The fraction of sp³-hybridized carbons (Fsp3) is 0.429. The van der Waals surface area contributed by atoms with Gasteiger partial charge < -0.3 is 9.88 Å². The maximum Gasteiger partial charge on any atom is 0.0512 e. The second-order valence-electron chi connectivity index (χ2n) is 4.45. The van der Waals surface area contributed by atoms with Crippen LogP contribution in [0.3, 0.4) is 0 Å². The summed E-state index contributed by atoms with van der Waals surface area (Å²) in [6.45, 7) is 5.43. The van der Waals surface area contributed by atoms with E-state index in [0.29, 0.717) is 0 Å². The number of fused-ring (bicyclic) bond motifs is 1. The number of nitrogens with one attached hydrogen (secondary N) is 1. The third kappa shape index (κ3) is 1.63. The van der Waals surface area contributed by atoms with Crippen molar-refractivity contribution in [2.75, 3.05) is 13.6 Å². The predicted octanol–water partition coefficient (Wildman–Crippen LogP) is 2.56. The fourth-order valence-corrected chi connectivity index (χ4v) is 2.48. The Labute approximate surface area is 97.3 Å². The normalized spacial score (nSPS) is 11.2. The van der Waals surface area contributed by atoms with Gasteiger partial charge in [-0.3, -0.25) is 0 Å². The summed E-state index contributed by atoms with van der Waals surface area (Å²) in [5.74, 6) is 0. The van der Waals surface area contributed by atoms with E-state index in [1.54, 1.807) is 0 Å². The number of likely N-dealkylation sites (N-methyl/N-ethyl adjacent to an activating group) is 1. The third-order valence-corrected chi connectivity index (χ3v) is 3.46. The van der Waals surface area contributed by atoms with E-state index in [-0.39, 0.29) is 0 Å². The molecule has 2 aromatic rings. The summed E-state index contributed by atoms with van der Waals surface area (Å²) in [7, 11) is 4.17.